The lowest BCUT2D eigenvalue weighted by atomic mass is 9.79. The first-order chi connectivity index (χ1) is 12.9. The van der Waals surface area contributed by atoms with Crippen molar-refractivity contribution in [3.05, 3.63) is 63.5 Å². The summed E-state index contributed by atoms with van der Waals surface area (Å²) < 4.78 is 38.5. The molecule has 0 fully saturated rings. The molecule has 1 aliphatic heterocycles. The summed E-state index contributed by atoms with van der Waals surface area (Å²) >= 11 is 1.51. The van der Waals surface area contributed by atoms with Gasteiger partial charge in [0.15, 0.2) is 5.78 Å². The lowest BCUT2D eigenvalue weighted by molar-refractivity contribution is -0.137. The smallest absolute Gasteiger partial charge is 0.294 e. The molecule has 1 atom stereocenters. The van der Waals surface area contributed by atoms with Gasteiger partial charge in [0.05, 0.1) is 5.56 Å². The number of carbonyl (C=O) groups excluding carboxylic acids is 2. The normalized spacial score (nSPS) is 20.9. The van der Waals surface area contributed by atoms with Crippen molar-refractivity contribution < 1.29 is 22.8 Å². The van der Waals surface area contributed by atoms with Crippen LogP contribution in [0.25, 0.3) is 0 Å². The fourth-order valence-electron chi connectivity index (χ4n) is 3.82. The van der Waals surface area contributed by atoms with Crippen molar-refractivity contribution in [2.24, 2.45) is 0 Å². The van der Waals surface area contributed by atoms with Crippen molar-refractivity contribution in [1.29, 1.82) is 0 Å². The third-order valence-electron chi connectivity index (χ3n) is 5.01. The molecule has 0 spiro atoms. The van der Waals surface area contributed by atoms with Crippen LogP contribution in [0.5, 0.6) is 0 Å². The molecule has 0 saturated heterocycles. The Morgan fingerprint density at radius 3 is 2.41 bits per heavy atom. The number of anilines is 1. The molecule has 140 valence electrons. The van der Waals surface area contributed by atoms with E-state index in [1.54, 1.807) is 0 Å². The van der Waals surface area contributed by atoms with Gasteiger partial charge in [0, 0.05) is 40.6 Å². The second-order valence-electron chi connectivity index (χ2n) is 6.68. The maximum absolute atomic E-state index is 12.9. The molecular formula is C20H16F3NO2S. The van der Waals surface area contributed by atoms with Crippen LogP contribution < -0.4 is 4.90 Å². The molecule has 1 aromatic carbocycles. The number of ketones is 1. The number of nitrogens with zero attached hydrogens (tertiary/aromatic N) is 1. The number of rotatable bonds is 2. The zero-order chi connectivity index (χ0) is 19.2. The fourth-order valence-corrected chi connectivity index (χ4v) is 4.66. The molecule has 0 N–H and O–H groups in total. The molecule has 0 saturated carbocycles. The molecule has 2 aliphatic rings. The molecule has 3 nitrogen and oxygen atoms in total. The van der Waals surface area contributed by atoms with Gasteiger partial charge in [-0.3, -0.25) is 14.5 Å². The van der Waals surface area contributed by atoms with Crippen molar-refractivity contribution in [3.8, 4) is 0 Å². The molecule has 1 aliphatic carbocycles. The van der Waals surface area contributed by atoms with Crippen LogP contribution in [0.3, 0.4) is 0 Å². The largest absolute Gasteiger partial charge is 0.416 e. The first kappa shape index (κ1) is 18.0. The number of allylic oxidation sites excluding steroid dienone is 2. The monoisotopic (exact) mass is 391 g/mol. The quantitative estimate of drug-likeness (QED) is 0.697. The van der Waals surface area contributed by atoms with E-state index in [9.17, 15) is 22.8 Å². The van der Waals surface area contributed by atoms with Crippen LogP contribution in [0.1, 0.15) is 42.0 Å². The average molecular weight is 391 g/mol. The third kappa shape index (κ3) is 3.20. The summed E-state index contributed by atoms with van der Waals surface area (Å²) in [6.07, 6.45) is -2.64. The number of benzene rings is 1. The summed E-state index contributed by atoms with van der Waals surface area (Å²) in [6, 6.07) is 8.35. The van der Waals surface area contributed by atoms with Gasteiger partial charge in [-0.2, -0.15) is 13.2 Å². The van der Waals surface area contributed by atoms with E-state index in [1.807, 2.05) is 17.5 Å². The number of amides is 1. The molecule has 0 unspecified atom stereocenters. The van der Waals surface area contributed by atoms with Crippen LogP contribution in [0, 0.1) is 0 Å². The molecule has 27 heavy (non-hydrogen) atoms. The lowest BCUT2D eigenvalue weighted by Gasteiger charge is -2.38. The minimum Gasteiger partial charge on any atom is -0.294 e. The van der Waals surface area contributed by atoms with E-state index in [2.05, 4.69) is 0 Å². The Bertz CT molecular complexity index is 914. The highest BCUT2D eigenvalue weighted by atomic mass is 32.1. The third-order valence-corrected chi connectivity index (χ3v) is 6.00. The van der Waals surface area contributed by atoms with Crippen molar-refractivity contribution in [2.45, 2.75) is 37.8 Å². The van der Waals surface area contributed by atoms with Crippen LogP contribution >= 0.6 is 11.3 Å². The fraction of sp³-hybridized carbons (Fsp3) is 0.300. The molecule has 7 heteroatoms. The highest BCUT2D eigenvalue weighted by Crippen LogP contribution is 2.44. The summed E-state index contributed by atoms with van der Waals surface area (Å²) in [7, 11) is 0. The first-order valence-corrected chi connectivity index (χ1v) is 9.54. The van der Waals surface area contributed by atoms with E-state index in [1.165, 1.54) is 28.4 Å². The van der Waals surface area contributed by atoms with E-state index in [-0.39, 0.29) is 24.0 Å². The molecule has 0 radical (unpaired) electrons. The van der Waals surface area contributed by atoms with Gasteiger partial charge in [-0.25, -0.2) is 0 Å². The lowest BCUT2D eigenvalue weighted by Crippen LogP contribution is -2.40. The molecule has 1 amide bonds. The van der Waals surface area contributed by atoms with Crippen LogP contribution in [0.2, 0.25) is 0 Å². The maximum atomic E-state index is 12.9. The van der Waals surface area contributed by atoms with Crippen LogP contribution in [0.15, 0.2) is 53.0 Å². The van der Waals surface area contributed by atoms with Gasteiger partial charge in [-0.1, -0.05) is 6.07 Å². The van der Waals surface area contributed by atoms with E-state index >= 15 is 0 Å². The van der Waals surface area contributed by atoms with E-state index in [0.717, 1.165) is 17.0 Å². The molecule has 2 aromatic rings. The summed E-state index contributed by atoms with van der Waals surface area (Å²) in [4.78, 5) is 28.0. The predicted octanol–water partition coefficient (Wildman–Crippen LogP) is 5.29. The maximum Gasteiger partial charge on any atom is 0.416 e. The van der Waals surface area contributed by atoms with Crippen molar-refractivity contribution >= 4 is 28.7 Å². The molecule has 2 heterocycles. The first-order valence-electron chi connectivity index (χ1n) is 8.66. The minimum atomic E-state index is -4.43. The van der Waals surface area contributed by atoms with Crippen molar-refractivity contribution in [3.63, 3.8) is 0 Å². The number of alkyl halides is 3. The highest BCUT2D eigenvalue weighted by molar-refractivity contribution is 7.10. The molecule has 1 aromatic heterocycles. The number of halogens is 3. The summed E-state index contributed by atoms with van der Waals surface area (Å²) in [5.41, 5.74) is 0.893. The van der Waals surface area contributed by atoms with Gasteiger partial charge < -0.3 is 0 Å². The zero-order valence-electron chi connectivity index (χ0n) is 14.3. The topological polar surface area (TPSA) is 37.4 Å². The van der Waals surface area contributed by atoms with E-state index in [4.69, 9.17) is 0 Å². The standard InChI is InChI=1S/C20H16F3NO2S/c21-20(22,23)12-6-8-13(9-7-12)24-15-3-1-4-16(25)19(15)14(11-18(24)26)17-5-2-10-27-17/h2,5-10,14H,1,3-4,11H2/t14-/m0/s1. The second kappa shape index (κ2) is 6.64. The van der Waals surface area contributed by atoms with Gasteiger partial charge in [0.1, 0.15) is 0 Å². The number of hydrogen-bond donors (Lipinski definition) is 0. The number of carbonyl (C=O) groups is 2. The summed E-state index contributed by atoms with van der Waals surface area (Å²) in [6.45, 7) is 0. The minimum absolute atomic E-state index is 0.0269. The Morgan fingerprint density at radius 2 is 1.78 bits per heavy atom. The van der Waals surface area contributed by atoms with Gasteiger partial charge in [-0.05, 0) is 48.6 Å². The van der Waals surface area contributed by atoms with Crippen molar-refractivity contribution in [2.75, 3.05) is 4.90 Å². The Labute approximate surface area is 158 Å². The van der Waals surface area contributed by atoms with Crippen LogP contribution in [-0.4, -0.2) is 11.7 Å². The Kier molecular flexibility index (Phi) is 4.42. The molecular weight excluding hydrogens is 375 g/mol. The number of hydrogen-bond acceptors (Lipinski definition) is 3. The van der Waals surface area contributed by atoms with Gasteiger partial charge in [0.2, 0.25) is 5.91 Å². The number of thiophene rings is 1. The van der Waals surface area contributed by atoms with Gasteiger partial charge in [-0.15, -0.1) is 11.3 Å². The van der Waals surface area contributed by atoms with Crippen molar-refractivity contribution in [1.82, 2.24) is 0 Å². The second-order valence-corrected chi connectivity index (χ2v) is 7.66. The average Bonchev–Trinajstić information content (AvgIpc) is 3.15. The Hall–Kier alpha value is -2.41. The Balaban J connectivity index is 1.79. The summed E-state index contributed by atoms with van der Waals surface area (Å²) in [5, 5.41) is 1.91. The van der Waals surface area contributed by atoms with Crippen LogP contribution in [-0.2, 0) is 15.8 Å². The highest BCUT2D eigenvalue weighted by Gasteiger charge is 2.40. The Morgan fingerprint density at radius 1 is 1.04 bits per heavy atom. The molecule has 0 bridgehead atoms. The van der Waals surface area contributed by atoms with Gasteiger partial charge in [0.25, 0.3) is 0 Å². The SMILES string of the molecule is O=C1CCCC2=C1[C@H](c1cccs1)CC(=O)N2c1ccc(C(F)(F)F)cc1. The molecule has 4 rings (SSSR count). The van der Waals surface area contributed by atoms with Crippen LogP contribution in [0.4, 0.5) is 18.9 Å². The van der Waals surface area contributed by atoms with Gasteiger partial charge >= 0.3 is 6.18 Å². The van der Waals surface area contributed by atoms with E-state index in [0.29, 0.717) is 36.2 Å². The van der Waals surface area contributed by atoms with E-state index < -0.39 is 11.7 Å². The number of Topliss-reactive ketones (excluding diaryl/α,β-unsaturated/α-hetero) is 1. The summed E-state index contributed by atoms with van der Waals surface area (Å²) in [5.74, 6) is -0.424. The zero-order valence-corrected chi connectivity index (χ0v) is 15.1. The predicted molar refractivity (Wildman–Crippen MR) is 96.5 cm³/mol.